The van der Waals surface area contributed by atoms with E-state index in [1.807, 2.05) is 25.1 Å². The third kappa shape index (κ3) is 6.93. The molecular formula is C36H41NO3. The molecule has 0 amide bonds. The molecule has 4 aromatic carbocycles. The van der Waals surface area contributed by atoms with Crippen LogP contribution < -0.4 is 9.64 Å². The number of aryl methyl sites for hydroxylation is 1. The zero-order chi connectivity index (χ0) is 28.6. The molecule has 0 fully saturated rings. The molecule has 0 aliphatic carbocycles. The number of carbonyl (C=O) groups is 1. The van der Waals surface area contributed by atoms with Crippen molar-refractivity contribution in [2.24, 2.45) is 0 Å². The smallest absolute Gasteiger partial charge is 0.339 e. The fraction of sp³-hybridized carbons (Fsp3) is 0.306. The first kappa shape index (κ1) is 28.9. The molecule has 40 heavy (non-hydrogen) atoms. The van der Waals surface area contributed by atoms with Gasteiger partial charge in [-0.15, -0.1) is 0 Å². The summed E-state index contributed by atoms with van der Waals surface area (Å²) in [7, 11) is 0. The second-order valence-electron chi connectivity index (χ2n) is 10.8. The van der Waals surface area contributed by atoms with E-state index < -0.39 is 5.97 Å². The van der Waals surface area contributed by atoms with Crippen LogP contribution in [0.25, 0.3) is 11.1 Å². The van der Waals surface area contributed by atoms with Crippen LogP contribution in [0.4, 0.5) is 5.69 Å². The molecular weight excluding hydrogens is 494 g/mol. The summed E-state index contributed by atoms with van der Waals surface area (Å²) in [5.41, 5.74) is 8.24. The number of carboxylic acid groups (broad SMARTS) is 1. The fourth-order valence-electron chi connectivity index (χ4n) is 5.28. The van der Waals surface area contributed by atoms with E-state index in [1.54, 1.807) is 12.1 Å². The summed E-state index contributed by atoms with van der Waals surface area (Å²) < 4.78 is 5.93. The summed E-state index contributed by atoms with van der Waals surface area (Å²) in [5.74, 6) is 0.0659. The maximum atomic E-state index is 11.6. The minimum Gasteiger partial charge on any atom is -0.488 e. The van der Waals surface area contributed by atoms with E-state index in [2.05, 4.69) is 93.3 Å². The number of anilines is 1. The molecule has 4 heteroatoms. The van der Waals surface area contributed by atoms with Gasteiger partial charge in [0.15, 0.2) is 0 Å². The van der Waals surface area contributed by atoms with E-state index in [0.717, 1.165) is 23.2 Å². The van der Waals surface area contributed by atoms with E-state index >= 15 is 0 Å². The average Bonchev–Trinajstić information content (AvgIpc) is 2.96. The summed E-state index contributed by atoms with van der Waals surface area (Å²) in [6.07, 6.45) is 2.34. The predicted octanol–water partition coefficient (Wildman–Crippen LogP) is 9.26. The zero-order valence-electron chi connectivity index (χ0n) is 24.4. The van der Waals surface area contributed by atoms with Crippen molar-refractivity contribution in [3.63, 3.8) is 0 Å². The Kier molecular flexibility index (Phi) is 9.65. The summed E-state index contributed by atoms with van der Waals surface area (Å²) in [6.45, 7) is 12.0. The number of para-hydroxylation sites is 1. The van der Waals surface area contributed by atoms with Crippen molar-refractivity contribution in [2.45, 2.75) is 72.6 Å². The number of benzene rings is 4. The third-order valence-electron chi connectivity index (χ3n) is 7.70. The fourth-order valence-corrected chi connectivity index (χ4v) is 5.28. The maximum Gasteiger partial charge on any atom is 0.339 e. The van der Waals surface area contributed by atoms with Gasteiger partial charge in [-0.3, -0.25) is 0 Å². The molecule has 0 aliphatic heterocycles. The third-order valence-corrected chi connectivity index (χ3v) is 7.70. The van der Waals surface area contributed by atoms with E-state index in [4.69, 9.17) is 4.74 Å². The van der Waals surface area contributed by atoms with Crippen molar-refractivity contribution in [2.75, 3.05) is 4.90 Å². The largest absolute Gasteiger partial charge is 0.488 e. The first-order chi connectivity index (χ1) is 19.3. The standard InChI is InChI=1S/C36H41NO3/c1-6-29(7-2)30-18-20-33(21-19-30)37(25(3)4)23-28-11-9-12-32(22-28)31-16-14-27(15-17-31)24-40-35-26(5)10-8-13-34(35)36(38)39/h8-22,25,29H,6-7,23-24H2,1-5H3,(H,38,39). The van der Waals surface area contributed by atoms with Crippen molar-refractivity contribution in [3.8, 4) is 16.9 Å². The first-order valence-corrected chi connectivity index (χ1v) is 14.3. The summed E-state index contributed by atoms with van der Waals surface area (Å²) in [5, 5.41) is 9.49. The molecule has 0 saturated carbocycles. The van der Waals surface area contributed by atoms with Crippen molar-refractivity contribution in [3.05, 3.63) is 119 Å². The normalized spacial score (nSPS) is 11.2. The topological polar surface area (TPSA) is 49.8 Å². The average molecular weight is 536 g/mol. The number of rotatable bonds is 12. The lowest BCUT2D eigenvalue weighted by molar-refractivity contribution is 0.0691. The Labute approximate surface area is 239 Å². The Morgan fingerprint density at radius 1 is 0.825 bits per heavy atom. The highest BCUT2D eigenvalue weighted by Crippen LogP contribution is 2.29. The van der Waals surface area contributed by atoms with E-state index in [1.165, 1.54) is 35.2 Å². The van der Waals surface area contributed by atoms with Gasteiger partial charge < -0.3 is 14.7 Å². The summed E-state index contributed by atoms with van der Waals surface area (Å²) in [6, 6.07) is 31.7. The quantitative estimate of drug-likeness (QED) is 0.196. The molecule has 4 aromatic rings. The molecule has 0 aliphatic rings. The van der Waals surface area contributed by atoms with Gasteiger partial charge in [0.1, 0.15) is 17.9 Å². The number of carboxylic acids is 1. The minimum absolute atomic E-state index is 0.186. The summed E-state index contributed by atoms with van der Waals surface area (Å²) in [4.78, 5) is 14.0. The molecule has 0 saturated heterocycles. The number of hydrogen-bond donors (Lipinski definition) is 1. The SMILES string of the molecule is CCC(CC)c1ccc(N(Cc2cccc(-c3ccc(COc4c(C)cccc4C(=O)O)cc3)c2)C(C)C)cc1. The number of hydrogen-bond acceptors (Lipinski definition) is 3. The van der Waals surface area contributed by atoms with Crippen LogP contribution in [0.2, 0.25) is 0 Å². The first-order valence-electron chi connectivity index (χ1n) is 14.3. The Morgan fingerprint density at radius 2 is 1.50 bits per heavy atom. The second kappa shape index (κ2) is 13.3. The van der Waals surface area contributed by atoms with Crippen molar-refractivity contribution >= 4 is 11.7 Å². The second-order valence-corrected chi connectivity index (χ2v) is 10.8. The number of aromatic carboxylic acids is 1. The van der Waals surface area contributed by atoms with Gasteiger partial charge in [-0.2, -0.15) is 0 Å². The van der Waals surface area contributed by atoms with Crippen LogP contribution in [-0.4, -0.2) is 17.1 Å². The molecule has 0 radical (unpaired) electrons. The van der Waals surface area contributed by atoms with Crippen LogP contribution in [0.5, 0.6) is 5.75 Å². The van der Waals surface area contributed by atoms with Crippen LogP contribution in [0.15, 0.2) is 91.0 Å². The monoisotopic (exact) mass is 535 g/mol. The number of ether oxygens (including phenoxy) is 1. The van der Waals surface area contributed by atoms with E-state index in [9.17, 15) is 9.90 Å². The molecule has 0 unspecified atom stereocenters. The summed E-state index contributed by atoms with van der Waals surface area (Å²) >= 11 is 0. The van der Waals surface area contributed by atoms with Gasteiger partial charge >= 0.3 is 5.97 Å². The predicted molar refractivity (Wildman–Crippen MR) is 165 cm³/mol. The van der Waals surface area contributed by atoms with Gasteiger partial charge in [-0.25, -0.2) is 4.79 Å². The van der Waals surface area contributed by atoms with Gasteiger partial charge in [0.05, 0.1) is 0 Å². The Hall–Kier alpha value is -4.05. The molecule has 0 heterocycles. The van der Waals surface area contributed by atoms with Gasteiger partial charge in [0.2, 0.25) is 0 Å². The van der Waals surface area contributed by atoms with Crippen molar-refractivity contribution in [1.82, 2.24) is 0 Å². The highest BCUT2D eigenvalue weighted by atomic mass is 16.5. The lowest BCUT2D eigenvalue weighted by Gasteiger charge is -2.30. The molecule has 0 bridgehead atoms. The molecule has 0 spiro atoms. The van der Waals surface area contributed by atoms with Crippen LogP contribution in [0.1, 0.15) is 79.1 Å². The van der Waals surface area contributed by atoms with Gasteiger partial charge in [-0.1, -0.05) is 80.6 Å². The highest BCUT2D eigenvalue weighted by molar-refractivity contribution is 5.91. The molecule has 1 N–H and O–H groups in total. The lowest BCUT2D eigenvalue weighted by Crippen LogP contribution is -2.30. The molecule has 4 nitrogen and oxygen atoms in total. The van der Waals surface area contributed by atoms with Gasteiger partial charge in [0.25, 0.3) is 0 Å². The van der Waals surface area contributed by atoms with Crippen LogP contribution in [-0.2, 0) is 13.2 Å². The van der Waals surface area contributed by atoms with Gasteiger partial charge in [-0.05, 0) is 97.2 Å². The molecule has 0 atom stereocenters. The molecule has 4 rings (SSSR count). The van der Waals surface area contributed by atoms with Crippen molar-refractivity contribution < 1.29 is 14.6 Å². The zero-order valence-corrected chi connectivity index (χ0v) is 24.4. The van der Waals surface area contributed by atoms with Crippen LogP contribution >= 0.6 is 0 Å². The van der Waals surface area contributed by atoms with Gasteiger partial charge in [0, 0.05) is 18.3 Å². The Morgan fingerprint density at radius 3 is 2.12 bits per heavy atom. The highest BCUT2D eigenvalue weighted by Gasteiger charge is 2.15. The lowest BCUT2D eigenvalue weighted by atomic mass is 9.94. The Balaban J connectivity index is 1.47. The van der Waals surface area contributed by atoms with Crippen LogP contribution in [0.3, 0.4) is 0 Å². The van der Waals surface area contributed by atoms with E-state index in [-0.39, 0.29) is 5.56 Å². The Bertz CT molecular complexity index is 1400. The van der Waals surface area contributed by atoms with E-state index in [0.29, 0.717) is 24.3 Å². The molecule has 0 aromatic heterocycles. The van der Waals surface area contributed by atoms with Crippen molar-refractivity contribution in [1.29, 1.82) is 0 Å². The number of nitrogens with zero attached hydrogens (tertiary/aromatic N) is 1. The van der Waals surface area contributed by atoms with Crippen LogP contribution in [0, 0.1) is 6.92 Å². The maximum absolute atomic E-state index is 11.6. The molecule has 208 valence electrons. The minimum atomic E-state index is -0.983.